The highest BCUT2D eigenvalue weighted by atomic mass is 16.5. The van der Waals surface area contributed by atoms with E-state index in [2.05, 4.69) is 41.4 Å². The molecule has 0 aromatic heterocycles. The molecule has 2 aromatic carbocycles. The fourth-order valence-electron chi connectivity index (χ4n) is 3.07. The summed E-state index contributed by atoms with van der Waals surface area (Å²) in [5, 5.41) is 3.07. The van der Waals surface area contributed by atoms with Crippen molar-refractivity contribution in [2.24, 2.45) is 0 Å². The van der Waals surface area contributed by atoms with Crippen LogP contribution in [0.2, 0.25) is 0 Å². The zero-order valence-corrected chi connectivity index (χ0v) is 16.5. The minimum absolute atomic E-state index is 0.00549. The molecule has 2 rings (SSSR count). The van der Waals surface area contributed by atoms with Crippen LogP contribution in [0.15, 0.2) is 42.5 Å². The van der Waals surface area contributed by atoms with Crippen molar-refractivity contribution in [2.45, 2.75) is 32.7 Å². The second kappa shape index (κ2) is 9.39. The fraction of sp³-hybridized carbons (Fsp3) is 0.409. The molecule has 0 saturated heterocycles. The van der Waals surface area contributed by atoms with Gasteiger partial charge in [-0.1, -0.05) is 48.9 Å². The van der Waals surface area contributed by atoms with Gasteiger partial charge in [-0.3, -0.25) is 4.79 Å². The monoisotopic (exact) mass is 354 g/mol. The third-order valence-corrected chi connectivity index (χ3v) is 4.68. The molecular formula is C22H30N2O2. The molecule has 0 radical (unpaired) electrons. The number of ether oxygens (including phenoxy) is 1. The summed E-state index contributed by atoms with van der Waals surface area (Å²) in [6.45, 7) is 4.74. The molecule has 1 unspecified atom stereocenters. The Labute approximate surface area is 157 Å². The molecular weight excluding hydrogens is 324 g/mol. The number of benzene rings is 2. The van der Waals surface area contributed by atoms with Crippen LogP contribution < -0.4 is 10.1 Å². The molecule has 0 aliphatic heterocycles. The van der Waals surface area contributed by atoms with Gasteiger partial charge in [-0.05, 0) is 44.6 Å². The van der Waals surface area contributed by atoms with Gasteiger partial charge in [0.15, 0.2) is 0 Å². The zero-order chi connectivity index (χ0) is 19.1. The Morgan fingerprint density at radius 3 is 2.42 bits per heavy atom. The Kier molecular flexibility index (Phi) is 7.22. The van der Waals surface area contributed by atoms with Crippen LogP contribution in [0.4, 0.5) is 0 Å². The van der Waals surface area contributed by atoms with E-state index in [0.717, 1.165) is 23.3 Å². The molecule has 0 aliphatic rings. The molecule has 2 aromatic rings. The van der Waals surface area contributed by atoms with Crippen molar-refractivity contribution in [3.05, 3.63) is 64.7 Å². The molecule has 4 heteroatoms. The van der Waals surface area contributed by atoms with Crippen LogP contribution in [0.25, 0.3) is 0 Å². The summed E-state index contributed by atoms with van der Waals surface area (Å²) in [6, 6.07) is 14.7. The van der Waals surface area contributed by atoms with Gasteiger partial charge in [-0.2, -0.15) is 0 Å². The van der Waals surface area contributed by atoms with Gasteiger partial charge in [0, 0.05) is 12.1 Å². The van der Waals surface area contributed by atoms with E-state index < -0.39 is 0 Å². The molecule has 0 heterocycles. The Balaban J connectivity index is 2.02. The van der Waals surface area contributed by atoms with Crippen molar-refractivity contribution in [3.63, 3.8) is 0 Å². The summed E-state index contributed by atoms with van der Waals surface area (Å²) in [5.41, 5.74) is 4.57. The number of hydrogen-bond acceptors (Lipinski definition) is 3. The summed E-state index contributed by atoms with van der Waals surface area (Å²) in [6.07, 6.45) is 1.35. The number of methoxy groups -OCH3 is 1. The molecule has 0 aliphatic carbocycles. The van der Waals surface area contributed by atoms with Gasteiger partial charge in [-0.25, -0.2) is 0 Å². The van der Waals surface area contributed by atoms with Crippen molar-refractivity contribution >= 4 is 5.91 Å². The van der Waals surface area contributed by atoms with E-state index in [1.54, 1.807) is 7.11 Å². The highest BCUT2D eigenvalue weighted by molar-refractivity contribution is 5.79. The molecule has 1 N–H and O–H groups in total. The Morgan fingerprint density at radius 1 is 1.15 bits per heavy atom. The third-order valence-electron chi connectivity index (χ3n) is 4.68. The predicted octanol–water partition coefficient (Wildman–Crippen LogP) is 3.53. The average molecular weight is 354 g/mol. The van der Waals surface area contributed by atoms with Crippen LogP contribution in [-0.2, 0) is 17.6 Å². The van der Waals surface area contributed by atoms with Gasteiger partial charge >= 0.3 is 0 Å². The lowest BCUT2D eigenvalue weighted by Gasteiger charge is -2.25. The number of carbonyl (C=O) groups excluding carboxylic acids is 1. The molecule has 4 nitrogen and oxygen atoms in total. The maximum Gasteiger partial charge on any atom is 0.224 e. The first-order valence-electron chi connectivity index (χ1n) is 9.10. The number of hydrogen-bond donors (Lipinski definition) is 1. The van der Waals surface area contributed by atoms with Gasteiger partial charge in [0.2, 0.25) is 5.91 Å². The lowest BCUT2D eigenvalue weighted by molar-refractivity contribution is -0.120. The largest absolute Gasteiger partial charge is 0.496 e. The van der Waals surface area contributed by atoms with Crippen molar-refractivity contribution < 1.29 is 9.53 Å². The molecule has 26 heavy (non-hydrogen) atoms. The highest BCUT2D eigenvalue weighted by Gasteiger charge is 2.16. The molecule has 0 saturated carbocycles. The van der Waals surface area contributed by atoms with Crippen molar-refractivity contribution in [2.75, 3.05) is 27.7 Å². The van der Waals surface area contributed by atoms with E-state index in [4.69, 9.17) is 4.74 Å². The van der Waals surface area contributed by atoms with E-state index in [-0.39, 0.29) is 11.9 Å². The normalized spacial score (nSPS) is 12.1. The van der Waals surface area contributed by atoms with Gasteiger partial charge in [0.05, 0.1) is 19.6 Å². The minimum Gasteiger partial charge on any atom is -0.496 e. The summed E-state index contributed by atoms with van der Waals surface area (Å²) in [5.74, 6) is 0.760. The van der Waals surface area contributed by atoms with Crippen molar-refractivity contribution in [1.29, 1.82) is 0 Å². The standard InChI is InChI=1S/C22H30N2O2/c1-6-17-8-10-18(11-9-17)20(24(3)4)15-23-22(25)14-19-13-16(2)7-12-21(19)26-5/h7-13,20H,6,14-15H2,1-5H3,(H,23,25). The number of nitrogens with one attached hydrogen (secondary N) is 1. The number of carbonyl (C=O) groups is 1. The van der Waals surface area contributed by atoms with E-state index in [1.165, 1.54) is 11.1 Å². The molecule has 0 bridgehead atoms. The van der Waals surface area contributed by atoms with Gasteiger partial charge in [0.25, 0.3) is 0 Å². The zero-order valence-electron chi connectivity index (χ0n) is 16.5. The first-order valence-corrected chi connectivity index (χ1v) is 9.10. The second-order valence-electron chi connectivity index (χ2n) is 6.87. The molecule has 0 spiro atoms. The molecule has 1 amide bonds. The second-order valence-corrected chi connectivity index (χ2v) is 6.87. The van der Waals surface area contributed by atoms with E-state index in [0.29, 0.717) is 13.0 Å². The van der Waals surface area contributed by atoms with E-state index in [9.17, 15) is 4.79 Å². The van der Waals surface area contributed by atoms with Crippen LogP contribution in [0.5, 0.6) is 5.75 Å². The quantitative estimate of drug-likeness (QED) is 0.788. The van der Waals surface area contributed by atoms with E-state index in [1.807, 2.05) is 39.2 Å². The number of nitrogens with zero attached hydrogens (tertiary/aromatic N) is 1. The highest BCUT2D eigenvalue weighted by Crippen LogP contribution is 2.21. The summed E-state index contributed by atoms with van der Waals surface area (Å²) in [4.78, 5) is 14.6. The summed E-state index contributed by atoms with van der Waals surface area (Å²) < 4.78 is 5.37. The van der Waals surface area contributed by atoms with Gasteiger partial charge < -0.3 is 15.0 Å². The third kappa shape index (κ3) is 5.33. The maximum absolute atomic E-state index is 12.5. The number of likely N-dealkylation sites (N-methyl/N-ethyl adjacent to an activating group) is 1. The lowest BCUT2D eigenvalue weighted by Crippen LogP contribution is -2.35. The average Bonchev–Trinajstić information content (AvgIpc) is 2.62. The number of amides is 1. The van der Waals surface area contributed by atoms with Crippen LogP contribution >= 0.6 is 0 Å². The molecule has 0 fully saturated rings. The van der Waals surface area contributed by atoms with Crippen molar-refractivity contribution in [1.82, 2.24) is 10.2 Å². The van der Waals surface area contributed by atoms with Crippen LogP contribution in [0.1, 0.15) is 35.2 Å². The van der Waals surface area contributed by atoms with E-state index >= 15 is 0 Å². The SMILES string of the molecule is CCc1ccc(C(CNC(=O)Cc2cc(C)ccc2OC)N(C)C)cc1. The molecule has 140 valence electrons. The van der Waals surface area contributed by atoms with Crippen LogP contribution in [-0.4, -0.2) is 38.6 Å². The lowest BCUT2D eigenvalue weighted by atomic mass is 10.0. The van der Waals surface area contributed by atoms with Crippen LogP contribution in [0, 0.1) is 6.92 Å². The topological polar surface area (TPSA) is 41.6 Å². The first-order chi connectivity index (χ1) is 12.4. The fourth-order valence-corrected chi connectivity index (χ4v) is 3.07. The summed E-state index contributed by atoms with van der Waals surface area (Å²) >= 11 is 0. The Hall–Kier alpha value is -2.33. The number of aryl methyl sites for hydroxylation is 2. The Bertz CT molecular complexity index is 723. The predicted molar refractivity (Wildman–Crippen MR) is 107 cm³/mol. The van der Waals surface area contributed by atoms with Gasteiger partial charge in [-0.15, -0.1) is 0 Å². The minimum atomic E-state index is 0.00549. The van der Waals surface area contributed by atoms with Crippen LogP contribution in [0.3, 0.4) is 0 Å². The summed E-state index contributed by atoms with van der Waals surface area (Å²) in [7, 11) is 5.70. The first kappa shape index (κ1) is 20.0. The maximum atomic E-state index is 12.5. The molecule has 1 atom stereocenters. The van der Waals surface area contributed by atoms with Crippen molar-refractivity contribution in [3.8, 4) is 5.75 Å². The number of rotatable bonds is 8. The Morgan fingerprint density at radius 2 is 1.85 bits per heavy atom. The van der Waals surface area contributed by atoms with Gasteiger partial charge in [0.1, 0.15) is 5.75 Å². The smallest absolute Gasteiger partial charge is 0.224 e.